The molecule has 1 aliphatic rings. The molecule has 0 radical (unpaired) electrons. The molecule has 24 heavy (non-hydrogen) atoms. The molecular weight excluding hydrogens is 316 g/mol. The Kier molecular flexibility index (Phi) is 9.79. The van der Waals surface area contributed by atoms with E-state index in [0.717, 1.165) is 38.9 Å². The molecule has 1 rings (SSSR count). The average Bonchev–Trinajstić information content (AvgIpc) is 2.49. The van der Waals surface area contributed by atoms with Gasteiger partial charge in [0.2, 0.25) is 0 Å². The molecular formula is C20H40O3Si. The average molecular weight is 357 g/mol. The maximum Gasteiger partial charge on any atom is 0.192 e. The van der Waals surface area contributed by atoms with Crippen molar-refractivity contribution in [3.63, 3.8) is 0 Å². The van der Waals surface area contributed by atoms with Crippen molar-refractivity contribution in [3.8, 4) is 0 Å². The van der Waals surface area contributed by atoms with Gasteiger partial charge in [-0.05, 0) is 70.0 Å². The van der Waals surface area contributed by atoms with E-state index in [0.29, 0.717) is 11.1 Å². The molecule has 1 fully saturated rings. The smallest absolute Gasteiger partial charge is 0.192 e. The molecule has 0 amide bonds. The standard InChI is InChI=1S/C20H40O3Si/c1-18(23-24(5,6)20(2,3)4)14-10-8-7-9-12-16-21-19-15-11-13-17-22-19/h7,9,18-19H,8,10-17H2,1-6H3/b9-7-/t18-,19?/m1/s1. The van der Waals surface area contributed by atoms with Crippen molar-refractivity contribution in [1.82, 2.24) is 0 Å². The molecule has 142 valence electrons. The highest BCUT2D eigenvalue weighted by atomic mass is 28.4. The van der Waals surface area contributed by atoms with E-state index in [1.54, 1.807) is 0 Å². The third-order valence-corrected chi connectivity index (χ3v) is 9.78. The molecule has 0 aromatic rings. The Morgan fingerprint density at radius 2 is 1.88 bits per heavy atom. The summed E-state index contributed by atoms with van der Waals surface area (Å²) < 4.78 is 17.7. The van der Waals surface area contributed by atoms with Crippen LogP contribution in [0.1, 0.15) is 72.6 Å². The zero-order valence-corrected chi connectivity index (χ0v) is 17.9. The molecule has 0 aromatic heterocycles. The van der Waals surface area contributed by atoms with Crippen LogP contribution in [0.25, 0.3) is 0 Å². The number of rotatable bonds is 10. The number of ether oxygens (including phenoxy) is 2. The summed E-state index contributed by atoms with van der Waals surface area (Å²) in [5, 5.41) is 0.295. The van der Waals surface area contributed by atoms with Gasteiger partial charge < -0.3 is 13.9 Å². The van der Waals surface area contributed by atoms with E-state index in [2.05, 4.69) is 52.9 Å². The lowest BCUT2D eigenvalue weighted by molar-refractivity contribution is -0.161. The Morgan fingerprint density at radius 3 is 2.50 bits per heavy atom. The molecule has 0 spiro atoms. The van der Waals surface area contributed by atoms with E-state index in [1.807, 2.05) is 0 Å². The first kappa shape index (κ1) is 21.9. The second kappa shape index (κ2) is 10.7. The number of allylic oxidation sites excluding steroid dienone is 1. The predicted octanol–water partition coefficient (Wildman–Crippen LogP) is 6.06. The lowest BCUT2D eigenvalue weighted by Gasteiger charge is -2.38. The Morgan fingerprint density at radius 1 is 1.17 bits per heavy atom. The SMILES string of the molecule is C[C@H](CCC/C=C\CCOC1CCCCO1)O[Si](C)(C)C(C)(C)C. The van der Waals surface area contributed by atoms with E-state index in [1.165, 1.54) is 19.3 Å². The molecule has 1 saturated heterocycles. The van der Waals surface area contributed by atoms with Crippen molar-refractivity contribution >= 4 is 8.32 Å². The molecule has 0 bridgehead atoms. The molecule has 2 atom stereocenters. The molecule has 1 unspecified atom stereocenters. The van der Waals surface area contributed by atoms with Gasteiger partial charge in [0.15, 0.2) is 14.6 Å². The van der Waals surface area contributed by atoms with E-state index in [9.17, 15) is 0 Å². The summed E-state index contributed by atoms with van der Waals surface area (Å²) in [6.07, 6.45) is 12.8. The van der Waals surface area contributed by atoms with E-state index >= 15 is 0 Å². The zero-order chi connectivity index (χ0) is 18.1. The van der Waals surface area contributed by atoms with Crippen molar-refractivity contribution in [2.24, 2.45) is 0 Å². The Bertz CT molecular complexity index is 354. The summed E-state index contributed by atoms with van der Waals surface area (Å²) in [6, 6.07) is 0. The van der Waals surface area contributed by atoms with Crippen LogP contribution in [0.5, 0.6) is 0 Å². The van der Waals surface area contributed by atoms with Crippen LogP contribution in [0.4, 0.5) is 0 Å². The molecule has 1 heterocycles. The lowest BCUT2D eigenvalue weighted by Crippen LogP contribution is -2.43. The van der Waals surface area contributed by atoms with Gasteiger partial charge in [0.1, 0.15) is 0 Å². The minimum absolute atomic E-state index is 0.0421. The summed E-state index contributed by atoms with van der Waals surface area (Å²) in [4.78, 5) is 0. The minimum Gasteiger partial charge on any atom is -0.414 e. The number of unbranched alkanes of at least 4 members (excludes halogenated alkanes) is 1. The zero-order valence-electron chi connectivity index (χ0n) is 16.9. The predicted molar refractivity (Wildman–Crippen MR) is 105 cm³/mol. The van der Waals surface area contributed by atoms with Crippen LogP contribution in [0.15, 0.2) is 12.2 Å². The first-order chi connectivity index (χ1) is 11.2. The second-order valence-electron chi connectivity index (χ2n) is 8.55. The third-order valence-electron chi connectivity index (χ3n) is 5.18. The van der Waals surface area contributed by atoms with Crippen molar-refractivity contribution in [3.05, 3.63) is 12.2 Å². The van der Waals surface area contributed by atoms with Crippen LogP contribution < -0.4 is 0 Å². The monoisotopic (exact) mass is 356 g/mol. The van der Waals surface area contributed by atoms with Crippen molar-refractivity contribution in [2.45, 2.75) is 103 Å². The summed E-state index contributed by atoms with van der Waals surface area (Å²) in [7, 11) is -1.62. The lowest BCUT2D eigenvalue weighted by atomic mass is 10.1. The molecule has 0 N–H and O–H groups in total. The largest absolute Gasteiger partial charge is 0.414 e. The molecule has 0 saturated carbocycles. The first-order valence-electron chi connectivity index (χ1n) is 9.78. The van der Waals surface area contributed by atoms with Gasteiger partial charge in [-0.3, -0.25) is 0 Å². The van der Waals surface area contributed by atoms with E-state index in [-0.39, 0.29) is 6.29 Å². The molecule has 0 aliphatic carbocycles. The van der Waals surface area contributed by atoms with Gasteiger partial charge >= 0.3 is 0 Å². The van der Waals surface area contributed by atoms with Crippen molar-refractivity contribution in [1.29, 1.82) is 0 Å². The normalized spacial score (nSPS) is 21.3. The Balaban J connectivity index is 2.04. The summed E-state index contributed by atoms with van der Waals surface area (Å²) in [6.45, 7) is 15.4. The highest BCUT2D eigenvalue weighted by Gasteiger charge is 2.38. The highest BCUT2D eigenvalue weighted by Crippen LogP contribution is 2.37. The van der Waals surface area contributed by atoms with Gasteiger partial charge in [-0.15, -0.1) is 0 Å². The van der Waals surface area contributed by atoms with Crippen molar-refractivity contribution in [2.75, 3.05) is 13.2 Å². The van der Waals surface area contributed by atoms with Gasteiger partial charge in [-0.1, -0.05) is 32.9 Å². The summed E-state index contributed by atoms with van der Waals surface area (Å²) >= 11 is 0. The topological polar surface area (TPSA) is 27.7 Å². The van der Waals surface area contributed by atoms with Gasteiger partial charge in [0.05, 0.1) is 6.61 Å². The van der Waals surface area contributed by atoms with Gasteiger partial charge in [0, 0.05) is 12.7 Å². The second-order valence-corrected chi connectivity index (χ2v) is 13.3. The van der Waals surface area contributed by atoms with Crippen LogP contribution in [-0.4, -0.2) is 33.9 Å². The maximum atomic E-state index is 6.40. The number of hydrogen-bond donors (Lipinski definition) is 0. The minimum atomic E-state index is -1.62. The van der Waals surface area contributed by atoms with Crippen LogP contribution in [0.2, 0.25) is 18.1 Å². The van der Waals surface area contributed by atoms with E-state index < -0.39 is 8.32 Å². The fourth-order valence-corrected chi connectivity index (χ4v) is 4.09. The number of hydrogen-bond acceptors (Lipinski definition) is 3. The Labute approximate surface area is 151 Å². The first-order valence-corrected chi connectivity index (χ1v) is 12.7. The van der Waals surface area contributed by atoms with Crippen LogP contribution in [0, 0.1) is 0 Å². The molecule has 3 nitrogen and oxygen atoms in total. The quantitative estimate of drug-likeness (QED) is 0.271. The van der Waals surface area contributed by atoms with Crippen molar-refractivity contribution < 1.29 is 13.9 Å². The summed E-state index contributed by atoms with van der Waals surface area (Å²) in [5.41, 5.74) is 0. The fourth-order valence-electron chi connectivity index (χ4n) is 2.61. The Hall–Kier alpha value is -0.163. The third kappa shape index (κ3) is 8.79. The van der Waals surface area contributed by atoms with Crippen LogP contribution in [0.3, 0.4) is 0 Å². The van der Waals surface area contributed by atoms with Gasteiger partial charge in [-0.2, -0.15) is 0 Å². The fraction of sp³-hybridized carbons (Fsp3) is 0.900. The highest BCUT2D eigenvalue weighted by molar-refractivity contribution is 6.74. The van der Waals surface area contributed by atoms with Gasteiger partial charge in [0.25, 0.3) is 0 Å². The maximum absolute atomic E-state index is 6.40. The van der Waals surface area contributed by atoms with Gasteiger partial charge in [-0.25, -0.2) is 0 Å². The molecule has 4 heteroatoms. The molecule has 1 aliphatic heterocycles. The van der Waals surface area contributed by atoms with Crippen LogP contribution >= 0.6 is 0 Å². The van der Waals surface area contributed by atoms with Crippen LogP contribution in [-0.2, 0) is 13.9 Å². The van der Waals surface area contributed by atoms with E-state index in [4.69, 9.17) is 13.9 Å². The molecule has 0 aromatic carbocycles. The summed E-state index contributed by atoms with van der Waals surface area (Å²) in [5.74, 6) is 0.